The van der Waals surface area contributed by atoms with Crippen molar-refractivity contribution < 1.29 is 9.90 Å². The first-order valence-corrected chi connectivity index (χ1v) is 8.46. The molecule has 2 aromatic carbocycles. The van der Waals surface area contributed by atoms with Crippen molar-refractivity contribution in [2.45, 2.75) is 27.7 Å². The Kier molecular flexibility index (Phi) is 5.40. The fourth-order valence-electron chi connectivity index (χ4n) is 2.40. The molecule has 0 aliphatic carbocycles. The minimum absolute atomic E-state index is 0.152. The molecule has 0 saturated carbocycles. The summed E-state index contributed by atoms with van der Waals surface area (Å²) in [6, 6.07) is 13.0. The van der Waals surface area contributed by atoms with Crippen LogP contribution in [0.2, 0.25) is 0 Å². The third kappa shape index (κ3) is 3.71. The lowest BCUT2D eigenvalue weighted by atomic mass is 10.0. The summed E-state index contributed by atoms with van der Waals surface area (Å²) >= 11 is 1.45. The second kappa shape index (κ2) is 7.29. The molecule has 1 amide bonds. The minimum Gasteiger partial charge on any atom is -0.507 e. The molecule has 3 rings (SSSR count). The summed E-state index contributed by atoms with van der Waals surface area (Å²) in [5, 5.41) is 14.6. The molecule has 0 atom stereocenters. The zero-order valence-corrected chi connectivity index (χ0v) is 14.6. The molecule has 0 saturated heterocycles. The molecule has 0 aliphatic heterocycles. The number of thiophene rings is 1. The van der Waals surface area contributed by atoms with Crippen molar-refractivity contribution in [2.75, 3.05) is 5.32 Å². The van der Waals surface area contributed by atoms with Crippen LogP contribution >= 0.6 is 11.3 Å². The predicted molar refractivity (Wildman–Crippen MR) is 98.7 cm³/mol. The van der Waals surface area contributed by atoms with E-state index >= 15 is 0 Å². The standard InChI is InChI=1S/C17H15NO2S.C2H6/c1-10-8-12-4-3-5-13(16(12)14(19)9-10)18-17(20)15-7-6-11(2)21-15;1-2/h3-9,19H,1-2H3,(H,18,20);1-2H3. The van der Waals surface area contributed by atoms with Crippen LogP contribution in [0.4, 0.5) is 5.69 Å². The van der Waals surface area contributed by atoms with E-state index in [1.54, 1.807) is 12.1 Å². The van der Waals surface area contributed by atoms with Crippen LogP contribution in [-0.4, -0.2) is 11.0 Å². The van der Waals surface area contributed by atoms with Crippen LogP contribution in [0.5, 0.6) is 5.75 Å². The van der Waals surface area contributed by atoms with Gasteiger partial charge in [0.05, 0.1) is 10.6 Å². The lowest BCUT2D eigenvalue weighted by Gasteiger charge is -2.10. The summed E-state index contributed by atoms with van der Waals surface area (Å²) in [4.78, 5) is 14.0. The van der Waals surface area contributed by atoms with E-state index in [0.717, 1.165) is 15.8 Å². The van der Waals surface area contributed by atoms with E-state index in [2.05, 4.69) is 5.32 Å². The van der Waals surface area contributed by atoms with Gasteiger partial charge in [0, 0.05) is 10.3 Å². The Morgan fingerprint density at radius 1 is 1.09 bits per heavy atom. The molecule has 0 spiro atoms. The molecular weight excluding hydrogens is 306 g/mol. The minimum atomic E-state index is -0.152. The molecule has 0 unspecified atom stereocenters. The topological polar surface area (TPSA) is 49.3 Å². The fourth-order valence-corrected chi connectivity index (χ4v) is 3.16. The molecule has 0 aliphatic rings. The second-order valence-electron chi connectivity index (χ2n) is 5.05. The summed E-state index contributed by atoms with van der Waals surface area (Å²) in [5.74, 6) is 0.0313. The number of hydrogen-bond acceptors (Lipinski definition) is 3. The van der Waals surface area contributed by atoms with Gasteiger partial charge in [-0.05, 0) is 49.1 Å². The van der Waals surface area contributed by atoms with Gasteiger partial charge in [-0.15, -0.1) is 11.3 Å². The molecular formula is C19H21NO2S. The predicted octanol–water partition coefficient (Wildman–Crippen LogP) is 5.50. The molecule has 3 aromatic rings. The molecule has 4 heteroatoms. The van der Waals surface area contributed by atoms with Gasteiger partial charge in [-0.25, -0.2) is 0 Å². The van der Waals surface area contributed by atoms with E-state index in [0.29, 0.717) is 16.0 Å². The van der Waals surface area contributed by atoms with Crippen molar-refractivity contribution in [3.63, 3.8) is 0 Å². The van der Waals surface area contributed by atoms with E-state index < -0.39 is 0 Å². The van der Waals surface area contributed by atoms with Gasteiger partial charge in [0.25, 0.3) is 5.91 Å². The van der Waals surface area contributed by atoms with Crippen molar-refractivity contribution in [2.24, 2.45) is 0 Å². The number of aromatic hydroxyl groups is 1. The van der Waals surface area contributed by atoms with Crippen LogP contribution in [-0.2, 0) is 0 Å². The van der Waals surface area contributed by atoms with Gasteiger partial charge < -0.3 is 10.4 Å². The molecule has 3 nitrogen and oxygen atoms in total. The summed E-state index contributed by atoms with van der Waals surface area (Å²) in [5.41, 5.74) is 1.61. The molecule has 1 aromatic heterocycles. The number of phenols is 1. The van der Waals surface area contributed by atoms with Crippen LogP contribution in [0.15, 0.2) is 42.5 Å². The van der Waals surface area contributed by atoms with Crippen molar-refractivity contribution in [3.05, 3.63) is 57.8 Å². The van der Waals surface area contributed by atoms with Gasteiger partial charge in [-0.1, -0.05) is 32.0 Å². The number of hydrogen-bond donors (Lipinski definition) is 2. The number of carbonyl (C=O) groups is 1. The van der Waals surface area contributed by atoms with Crippen molar-refractivity contribution in [3.8, 4) is 5.75 Å². The third-order valence-electron chi connectivity index (χ3n) is 3.31. The normalized spacial score (nSPS) is 10.1. The molecule has 23 heavy (non-hydrogen) atoms. The summed E-state index contributed by atoms with van der Waals surface area (Å²) in [7, 11) is 0. The van der Waals surface area contributed by atoms with Crippen LogP contribution in [0.1, 0.15) is 34.0 Å². The smallest absolute Gasteiger partial charge is 0.265 e. The molecule has 1 heterocycles. The average molecular weight is 327 g/mol. The maximum Gasteiger partial charge on any atom is 0.265 e. The van der Waals surface area contributed by atoms with E-state index in [-0.39, 0.29) is 11.7 Å². The zero-order chi connectivity index (χ0) is 17.0. The highest BCUT2D eigenvalue weighted by molar-refractivity contribution is 7.14. The van der Waals surface area contributed by atoms with Crippen LogP contribution in [0, 0.1) is 13.8 Å². The number of benzene rings is 2. The lowest BCUT2D eigenvalue weighted by Crippen LogP contribution is -2.10. The maximum atomic E-state index is 12.3. The summed E-state index contributed by atoms with van der Waals surface area (Å²) in [6.45, 7) is 7.90. The molecule has 2 N–H and O–H groups in total. The van der Waals surface area contributed by atoms with E-state index in [1.165, 1.54) is 11.3 Å². The third-order valence-corrected chi connectivity index (χ3v) is 4.31. The first-order chi connectivity index (χ1) is 11.0. The number of anilines is 1. The molecule has 0 radical (unpaired) electrons. The summed E-state index contributed by atoms with van der Waals surface area (Å²) in [6.07, 6.45) is 0. The van der Waals surface area contributed by atoms with Crippen molar-refractivity contribution in [1.29, 1.82) is 0 Å². The summed E-state index contributed by atoms with van der Waals surface area (Å²) < 4.78 is 0. The number of nitrogens with one attached hydrogen (secondary N) is 1. The Morgan fingerprint density at radius 2 is 1.83 bits per heavy atom. The van der Waals surface area contributed by atoms with Crippen LogP contribution in [0.3, 0.4) is 0 Å². The van der Waals surface area contributed by atoms with Gasteiger partial charge >= 0.3 is 0 Å². The van der Waals surface area contributed by atoms with Crippen LogP contribution in [0.25, 0.3) is 10.8 Å². The monoisotopic (exact) mass is 327 g/mol. The highest BCUT2D eigenvalue weighted by Gasteiger charge is 2.12. The number of phenolic OH excluding ortho intramolecular Hbond substituents is 1. The van der Waals surface area contributed by atoms with Gasteiger partial charge in [-0.3, -0.25) is 4.79 Å². The average Bonchev–Trinajstić information content (AvgIpc) is 2.95. The zero-order valence-electron chi connectivity index (χ0n) is 13.8. The SMILES string of the molecule is CC.Cc1cc(O)c2c(NC(=O)c3ccc(C)s3)cccc2c1. The highest BCUT2D eigenvalue weighted by Crippen LogP contribution is 2.33. The molecule has 120 valence electrons. The number of aryl methyl sites for hydroxylation is 2. The lowest BCUT2D eigenvalue weighted by molar-refractivity contribution is 0.103. The molecule has 0 bridgehead atoms. The van der Waals surface area contributed by atoms with Crippen molar-refractivity contribution >= 4 is 33.7 Å². The van der Waals surface area contributed by atoms with Gasteiger partial charge in [0.1, 0.15) is 5.75 Å². The van der Waals surface area contributed by atoms with Gasteiger partial charge in [-0.2, -0.15) is 0 Å². The van der Waals surface area contributed by atoms with Crippen molar-refractivity contribution in [1.82, 2.24) is 0 Å². The number of carbonyl (C=O) groups excluding carboxylic acids is 1. The first kappa shape index (κ1) is 17.0. The Bertz CT molecular complexity index is 837. The van der Waals surface area contributed by atoms with Crippen LogP contribution < -0.4 is 5.32 Å². The van der Waals surface area contributed by atoms with E-state index in [9.17, 15) is 9.90 Å². The quantitative estimate of drug-likeness (QED) is 0.652. The first-order valence-electron chi connectivity index (χ1n) is 7.65. The second-order valence-corrected chi connectivity index (χ2v) is 6.34. The Labute approximate surface area is 140 Å². The highest BCUT2D eigenvalue weighted by atomic mass is 32.1. The van der Waals surface area contributed by atoms with Gasteiger partial charge in [0.15, 0.2) is 0 Å². The number of amides is 1. The number of fused-ring (bicyclic) bond motifs is 1. The van der Waals surface area contributed by atoms with E-state index in [4.69, 9.17) is 0 Å². The Morgan fingerprint density at radius 3 is 2.48 bits per heavy atom. The fraction of sp³-hybridized carbons (Fsp3) is 0.211. The van der Waals surface area contributed by atoms with Gasteiger partial charge in [0.2, 0.25) is 0 Å². The largest absolute Gasteiger partial charge is 0.507 e. The Balaban J connectivity index is 0.000000924. The molecule has 0 fully saturated rings. The number of rotatable bonds is 2. The maximum absolute atomic E-state index is 12.3. The Hall–Kier alpha value is -2.33. The van der Waals surface area contributed by atoms with E-state index in [1.807, 2.05) is 58.0 Å².